The number of ether oxygens (including phenoxy) is 3. The number of esters is 2. The third-order valence-electron chi connectivity index (χ3n) is 3.67. The zero-order chi connectivity index (χ0) is 18.8. The topological polar surface area (TPSA) is 92.5 Å². The summed E-state index contributed by atoms with van der Waals surface area (Å²) in [4.78, 5) is 31.5. The normalized spacial score (nSPS) is 10.6. The SMILES string of the molecule is COc1ccc(OC(C)=O)c(-c2ncnc3c2c(OC(C)=O)cn3C)c1. The molecule has 0 aliphatic heterocycles. The minimum atomic E-state index is -0.463. The van der Waals surface area contributed by atoms with Crippen molar-refractivity contribution in [1.82, 2.24) is 14.5 Å². The van der Waals surface area contributed by atoms with Gasteiger partial charge >= 0.3 is 11.9 Å². The number of fused-ring (bicyclic) bond motifs is 1. The molecule has 134 valence electrons. The first kappa shape index (κ1) is 17.4. The molecule has 0 radical (unpaired) electrons. The van der Waals surface area contributed by atoms with Gasteiger partial charge in [-0.25, -0.2) is 9.97 Å². The molecule has 3 rings (SSSR count). The molecular formula is C18H17N3O5. The van der Waals surface area contributed by atoms with E-state index in [2.05, 4.69) is 9.97 Å². The van der Waals surface area contributed by atoms with E-state index < -0.39 is 11.9 Å². The van der Waals surface area contributed by atoms with Crippen LogP contribution in [0.4, 0.5) is 0 Å². The Kier molecular flexibility index (Phi) is 4.57. The summed E-state index contributed by atoms with van der Waals surface area (Å²) in [5.74, 6) is 0.277. The zero-order valence-corrected chi connectivity index (χ0v) is 14.8. The lowest BCUT2D eigenvalue weighted by atomic mass is 10.1. The lowest BCUT2D eigenvalue weighted by molar-refractivity contribution is -0.132. The Bertz CT molecular complexity index is 1010. The van der Waals surface area contributed by atoms with Crippen LogP contribution < -0.4 is 14.2 Å². The van der Waals surface area contributed by atoms with E-state index in [0.717, 1.165) is 0 Å². The van der Waals surface area contributed by atoms with Crippen molar-refractivity contribution < 1.29 is 23.8 Å². The summed E-state index contributed by atoms with van der Waals surface area (Å²) in [6.07, 6.45) is 3.04. The predicted molar refractivity (Wildman–Crippen MR) is 93.1 cm³/mol. The van der Waals surface area contributed by atoms with Crippen molar-refractivity contribution >= 4 is 23.0 Å². The van der Waals surface area contributed by atoms with E-state index in [-0.39, 0.29) is 0 Å². The number of carbonyl (C=O) groups is 2. The van der Waals surface area contributed by atoms with Crippen LogP contribution in [-0.2, 0) is 16.6 Å². The molecule has 0 bridgehead atoms. The van der Waals surface area contributed by atoms with Crippen LogP contribution in [0.25, 0.3) is 22.3 Å². The predicted octanol–water partition coefficient (Wildman–Crippen LogP) is 2.49. The van der Waals surface area contributed by atoms with Gasteiger partial charge in [-0.05, 0) is 18.2 Å². The molecule has 8 nitrogen and oxygen atoms in total. The van der Waals surface area contributed by atoms with Crippen LogP contribution >= 0.6 is 0 Å². The Labute approximate surface area is 149 Å². The van der Waals surface area contributed by atoms with Gasteiger partial charge in [0.05, 0.1) is 18.2 Å². The number of hydrogen-bond donors (Lipinski definition) is 0. The molecule has 0 unspecified atom stereocenters. The molecule has 0 saturated carbocycles. The van der Waals surface area contributed by atoms with Gasteiger partial charge in [0.1, 0.15) is 23.5 Å². The maximum Gasteiger partial charge on any atom is 0.308 e. The third-order valence-corrected chi connectivity index (χ3v) is 3.67. The fourth-order valence-electron chi connectivity index (χ4n) is 2.67. The first-order valence-electron chi connectivity index (χ1n) is 7.76. The second-order valence-corrected chi connectivity index (χ2v) is 5.57. The average molecular weight is 355 g/mol. The van der Waals surface area contributed by atoms with Crippen molar-refractivity contribution in [1.29, 1.82) is 0 Å². The lowest BCUT2D eigenvalue weighted by Gasteiger charge is -2.12. The van der Waals surface area contributed by atoms with Crippen molar-refractivity contribution in [3.8, 4) is 28.5 Å². The highest BCUT2D eigenvalue weighted by molar-refractivity contribution is 5.99. The third kappa shape index (κ3) is 3.21. The smallest absolute Gasteiger partial charge is 0.308 e. The van der Waals surface area contributed by atoms with E-state index >= 15 is 0 Å². The Morgan fingerprint density at radius 3 is 2.38 bits per heavy atom. The molecule has 0 N–H and O–H groups in total. The molecular weight excluding hydrogens is 338 g/mol. The molecule has 3 aromatic rings. The molecule has 0 spiro atoms. The first-order chi connectivity index (χ1) is 12.4. The second-order valence-electron chi connectivity index (χ2n) is 5.57. The largest absolute Gasteiger partial charge is 0.497 e. The number of benzene rings is 1. The van der Waals surface area contributed by atoms with Crippen molar-refractivity contribution in [2.75, 3.05) is 7.11 Å². The molecule has 26 heavy (non-hydrogen) atoms. The van der Waals surface area contributed by atoms with E-state index in [9.17, 15) is 9.59 Å². The molecule has 0 saturated heterocycles. The number of methoxy groups -OCH3 is 1. The van der Waals surface area contributed by atoms with E-state index in [1.54, 1.807) is 36.0 Å². The van der Waals surface area contributed by atoms with E-state index in [1.165, 1.54) is 27.3 Å². The molecule has 0 aliphatic carbocycles. The lowest BCUT2D eigenvalue weighted by Crippen LogP contribution is -2.04. The number of rotatable bonds is 4. The standard InChI is InChI=1S/C18H17N3O5/c1-10(22)25-14-6-5-12(24-4)7-13(14)17-16-15(26-11(2)23)8-21(3)18(16)20-9-19-17/h5-9H,1-4H3. The van der Waals surface area contributed by atoms with Crippen molar-refractivity contribution in [3.63, 3.8) is 0 Å². The molecule has 8 heteroatoms. The Morgan fingerprint density at radius 1 is 1.04 bits per heavy atom. The fraction of sp³-hybridized carbons (Fsp3) is 0.222. The summed E-state index contributed by atoms with van der Waals surface area (Å²) < 4.78 is 17.6. The van der Waals surface area contributed by atoms with Crippen LogP contribution in [0.2, 0.25) is 0 Å². The maximum atomic E-state index is 11.5. The summed E-state index contributed by atoms with van der Waals surface area (Å²) in [6.45, 7) is 2.63. The van der Waals surface area contributed by atoms with Gasteiger partial charge in [-0.15, -0.1) is 0 Å². The number of nitrogens with zero attached hydrogens (tertiary/aromatic N) is 3. The van der Waals surface area contributed by atoms with Crippen LogP contribution in [0.5, 0.6) is 17.2 Å². The van der Waals surface area contributed by atoms with E-state index in [4.69, 9.17) is 14.2 Å². The van der Waals surface area contributed by atoms with Gasteiger partial charge in [-0.1, -0.05) is 0 Å². The highest BCUT2D eigenvalue weighted by atomic mass is 16.5. The second kappa shape index (κ2) is 6.83. The quantitative estimate of drug-likeness (QED) is 0.524. The summed E-state index contributed by atoms with van der Waals surface area (Å²) in [5.41, 5.74) is 1.55. The van der Waals surface area contributed by atoms with Gasteiger partial charge in [0.15, 0.2) is 5.75 Å². The van der Waals surface area contributed by atoms with Crippen LogP contribution in [0.3, 0.4) is 0 Å². The van der Waals surface area contributed by atoms with Gasteiger partial charge in [-0.2, -0.15) is 0 Å². The fourth-order valence-corrected chi connectivity index (χ4v) is 2.67. The number of aryl methyl sites for hydroxylation is 1. The van der Waals surface area contributed by atoms with Gasteiger partial charge in [0.25, 0.3) is 0 Å². The number of hydrogen-bond acceptors (Lipinski definition) is 7. The van der Waals surface area contributed by atoms with Crippen LogP contribution in [0.1, 0.15) is 13.8 Å². The summed E-state index contributed by atoms with van der Waals surface area (Å²) in [6, 6.07) is 5.00. The molecule has 2 aromatic heterocycles. The monoisotopic (exact) mass is 355 g/mol. The summed E-state index contributed by atoms with van der Waals surface area (Å²) in [7, 11) is 3.32. The maximum absolute atomic E-state index is 11.5. The zero-order valence-electron chi connectivity index (χ0n) is 14.8. The van der Waals surface area contributed by atoms with Crippen LogP contribution in [-0.4, -0.2) is 33.6 Å². The average Bonchev–Trinajstić information content (AvgIpc) is 2.90. The van der Waals surface area contributed by atoms with E-state index in [0.29, 0.717) is 39.5 Å². The molecule has 0 fully saturated rings. The molecule has 0 amide bonds. The van der Waals surface area contributed by atoms with Gasteiger partial charge in [0, 0.05) is 32.7 Å². The Balaban J connectivity index is 2.31. The minimum absolute atomic E-state index is 0.316. The Hall–Kier alpha value is -3.42. The van der Waals surface area contributed by atoms with Crippen molar-refractivity contribution in [2.24, 2.45) is 7.05 Å². The van der Waals surface area contributed by atoms with Gasteiger partial charge in [-0.3, -0.25) is 9.59 Å². The van der Waals surface area contributed by atoms with Crippen LogP contribution in [0.15, 0.2) is 30.7 Å². The van der Waals surface area contributed by atoms with E-state index in [1.807, 2.05) is 0 Å². The summed E-state index contributed by atoms with van der Waals surface area (Å²) in [5, 5.41) is 0.534. The van der Waals surface area contributed by atoms with Gasteiger partial charge in [0.2, 0.25) is 0 Å². The van der Waals surface area contributed by atoms with Crippen LogP contribution in [0, 0.1) is 0 Å². The number of carbonyl (C=O) groups excluding carboxylic acids is 2. The highest BCUT2D eigenvalue weighted by Gasteiger charge is 2.21. The Morgan fingerprint density at radius 2 is 1.73 bits per heavy atom. The number of aromatic nitrogens is 3. The minimum Gasteiger partial charge on any atom is -0.497 e. The molecule has 0 aliphatic rings. The van der Waals surface area contributed by atoms with Crippen molar-refractivity contribution in [2.45, 2.75) is 13.8 Å². The highest BCUT2D eigenvalue weighted by Crippen LogP contribution is 2.39. The molecule has 2 heterocycles. The first-order valence-corrected chi connectivity index (χ1v) is 7.76. The molecule has 0 atom stereocenters. The van der Waals surface area contributed by atoms with Gasteiger partial charge < -0.3 is 18.8 Å². The summed E-state index contributed by atoms with van der Waals surface area (Å²) >= 11 is 0. The van der Waals surface area contributed by atoms with Crippen molar-refractivity contribution in [3.05, 3.63) is 30.7 Å². The molecule has 1 aromatic carbocycles.